The Labute approximate surface area is 381 Å². The molecule has 2 aliphatic carbocycles. The van der Waals surface area contributed by atoms with Gasteiger partial charge in [-0.05, 0) is 136 Å². The van der Waals surface area contributed by atoms with Crippen LogP contribution in [-0.4, -0.2) is 0 Å². The Morgan fingerprint density at radius 2 is 0.797 bits per heavy atom. The van der Waals surface area contributed by atoms with Gasteiger partial charge in [-0.15, -0.1) is 22.7 Å². The zero-order valence-electron chi connectivity index (χ0n) is 36.2. The van der Waals surface area contributed by atoms with Gasteiger partial charge in [0.25, 0.3) is 0 Å². The molecule has 0 unspecified atom stereocenters. The summed E-state index contributed by atoms with van der Waals surface area (Å²) in [5.74, 6) is 0. The first-order valence-corrected chi connectivity index (χ1v) is 23.9. The smallest absolute Gasteiger partial charge is 0.0564 e. The molecule has 0 saturated carbocycles. The lowest BCUT2D eigenvalue weighted by molar-refractivity contribution is 0.652. The van der Waals surface area contributed by atoms with E-state index >= 15 is 0 Å². The molecular weight excluding hydrogens is 813 g/mol. The Bertz CT molecular complexity index is 3690. The Kier molecular flexibility index (Phi) is 8.08. The number of anilines is 6. The standard InChI is InChI=1S/C60H44N2S2/c1-59(2)49-24-14-11-21-42(49)45-35-51-48(36-50(45)59)58-52(60(51,3)4)33-41(61(37-17-7-5-8-18-37)39-27-29-56-46(31-39)43-22-12-15-25-54(43)63-56)34-53(58)62(38-19-9-6-10-20-38)40-28-30-57-47(32-40)44-23-13-16-26-55(44)64-57/h5-36H,1-4H3. The summed E-state index contributed by atoms with van der Waals surface area (Å²) < 4.78 is 5.22. The first-order chi connectivity index (χ1) is 31.2. The molecule has 0 bridgehead atoms. The predicted molar refractivity (Wildman–Crippen MR) is 277 cm³/mol. The quantitative estimate of drug-likeness (QED) is 0.164. The fourth-order valence-electron chi connectivity index (χ4n) is 11.0. The van der Waals surface area contributed by atoms with Crippen molar-refractivity contribution in [2.75, 3.05) is 9.80 Å². The minimum atomic E-state index is -0.308. The lowest BCUT2D eigenvalue weighted by Gasteiger charge is -2.33. The van der Waals surface area contributed by atoms with Crippen LogP contribution in [0, 0.1) is 0 Å². The Morgan fingerprint density at radius 1 is 0.312 bits per heavy atom. The molecule has 2 heterocycles. The van der Waals surface area contributed by atoms with E-state index in [1.807, 2.05) is 22.7 Å². The van der Waals surface area contributed by atoms with E-state index in [9.17, 15) is 0 Å². The highest BCUT2D eigenvalue weighted by Gasteiger charge is 2.43. The van der Waals surface area contributed by atoms with Gasteiger partial charge in [0.15, 0.2) is 0 Å². The van der Waals surface area contributed by atoms with Crippen LogP contribution in [0.4, 0.5) is 34.1 Å². The van der Waals surface area contributed by atoms with Crippen molar-refractivity contribution in [2.45, 2.75) is 38.5 Å². The van der Waals surface area contributed by atoms with E-state index in [0.717, 1.165) is 28.4 Å². The highest BCUT2D eigenvalue weighted by Crippen LogP contribution is 2.60. The number of fused-ring (bicyclic) bond motifs is 12. The van der Waals surface area contributed by atoms with Gasteiger partial charge in [0.2, 0.25) is 0 Å². The van der Waals surface area contributed by atoms with Crippen molar-refractivity contribution in [2.24, 2.45) is 0 Å². The predicted octanol–water partition coefficient (Wildman–Crippen LogP) is 18.0. The number of hydrogen-bond acceptors (Lipinski definition) is 4. The maximum Gasteiger partial charge on any atom is 0.0564 e. The fourth-order valence-corrected chi connectivity index (χ4v) is 13.2. The summed E-state index contributed by atoms with van der Waals surface area (Å²) in [6.07, 6.45) is 0. The Balaban J connectivity index is 1.12. The normalized spacial score (nSPS) is 14.2. The molecule has 13 rings (SSSR count). The summed E-state index contributed by atoms with van der Waals surface area (Å²) in [6, 6.07) is 72.8. The lowest BCUT2D eigenvalue weighted by Crippen LogP contribution is -2.18. The van der Waals surface area contributed by atoms with Crippen molar-refractivity contribution in [3.05, 3.63) is 216 Å². The minimum Gasteiger partial charge on any atom is -0.310 e. The molecule has 0 fully saturated rings. The van der Waals surface area contributed by atoms with Crippen molar-refractivity contribution in [3.8, 4) is 22.3 Å². The van der Waals surface area contributed by atoms with E-state index in [4.69, 9.17) is 0 Å². The monoisotopic (exact) mass is 856 g/mol. The van der Waals surface area contributed by atoms with Crippen LogP contribution >= 0.6 is 22.7 Å². The molecule has 0 amide bonds. The van der Waals surface area contributed by atoms with Crippen molar-refractivity contribution in [1.82, 2.24) is 0 Å². The number of hydrogen-bond donors (Lipinski definition) is 0. The number of thiophene rings is 2. The van der Waals surface area contributed by atoms with Crippen LogP contribution in [0.1, 0.15) is 49.9 Å². The van der Waals surface area contributed by atoms with E-state index in [1.165, 1.54) is 90.5 Å². The third kappa shape index (κ3) is 5.43. The molecule has 4 heteroatoms. The molecule has 0 N–H and O–H groups in total. The molecule has 2 aliphatic rings. The van der Waals surface area contributed by atoms with Crippen molar-refractivity contribution in [3.63, 3.8) is 0 Å². The molecule has 9 aromatic carbocycles. The highest BCUT2D eigenvalue weighted by atomic mass is 32.1. The van der Waals surface area contributed by atoms with Gasteiger partial charge in [-0.1, -0.05) is 125 Å². The van der Waals surface area contributed by atoms with E-state index < -0.39 is 0 Å². The summed E-state index contributed by atoms with van der Waals surface area (Å²) in [7, 11) is 0. The average molecular weight is 857 g/mol. The Morgan fingerprint density at radius 3 is 1.44 bits per heavy atom. The summed E-state index contributed by atoms with van der Waals surface area (Å²) >= 11 is 3.74. The van der Waals surface area contributed by atoms with Gasteiger partial charge in [-0.2, -0.15) is 0 Å². The van der Waals surface area contributed by atoms with Crippen molar-refractivity contribution >= 4 is 97.1 Å². The SMILES string of the molecule is CC1(C)c2ccccc2-c2cc3c(cc21)-c1c(N(c2ccccc2)c2ccc4sc5ccccc5c4c2)cc(N(c2ccccc2)c2ccc4sc5ccccc5c4c2)cc1C3(C)C. The molecule has 0 spiro atoms. The first-order valence-electron chi connectivity index (χ1n) is 22.2. The maximum atomic E-state index is 2.56. The minimum absolute atomic E-state index is 0.132. The van der Waals surface area contributed by atoms with Gasteiger partial charge in [0.1, 0.15) is 0 Å². The second kappa shape index (κ2) is 13.8. The summed E-state index contributed by atoms with van der Waals surface area (Å²) in [5.41, 5.74) is 17.2. The summed E-state index contributed by atoms with van der Waals surface area (Å²) in [4.78, 5) is 5.01. The van der Waals surface area contributed by atoms with Gasteiger partial charge in [-0.25, -0.2) is 0 Å². The molecule has 0 atom stereocenters. The average Bonchev–Trinajstić information content (AvgIpc) is 4.02. The molecule has 0 radical (unpaired) electrons. The van der Waals surface area contributed by atoms with Crippen molar-refractivity contribution < 1.29 is 0 Å². The topological polar surface area (TPSA) is 6.48 Å². The molecule has 2 nitrogen and oxygen atoms in total. The van der Waals surface area contributed by atoms with Crippen LogP contribution in [0.25, 0.3) is 62.6 Å². The third-order valence-corrected chi connectivity index (χ3v) is 16.5. The molecule has 0 saturated heterocycles. The van der Waals surface area contributed by atoms with Gasteiger partial charge < -0.3 is 9.80 Å². The van der Waals surface area contributed by atoms with Crippen LogP contribution in [0.2, 0.25) is 0 Å². The lowest BCUT2D eigenvalue weighted by atomic mass is 9.79. The molecule has 306 valence electrons. The Hall–Kier alpha value is -6.98. The second-order valence-electron chi connectivity index (χ2n) is 18.5. The number of para-hydroxylation sites is 2. The van der Waals surface area contributed by atoms with Gasteiger partial charge in [-0.3, -0.25) is 0 Å². The number of benzene rings is 9. The van der Waals surface area contributed by atoms with Crippen LogP contribution in [0.5, 0.6) is 0 Å². The third-order valence-electron chi connectivity index (χ3n) is 14.2. The molecule has 11 aromatic rings. The van der Waals surface area contributed by atoms with Crippen LogP contribution in [0.3, 0.4) is 0 Å². The van der Waals surface area contributed by atoms with Crippen molar-refractivity contribution in [1.29, 1.82) is 0 Å². The zero-order chi connectivity index (χ0) is 42.9. The second-order valence-corrected chi connectivity index (χ2v) is 20.7. The van der Waals surface area contributed by atoms with Crippen LogP contribution in [0.15, 0.2) is 194 Å². The zero-order valence-corrected chi connectivity index (χ0v) is 37.8. The van der Waals surface area contributed by atoms with Crippen LogP contribution in [-0.2, 0) is 10.8 Å². The van der Waals surface area contributed by atoms with Gasteiger partial charge in [0.05, 0.1) is 5.69 Å². The number of rotatable bonds is 6. The summed E-state index contributed by atoms with van der Waals surface area (Å²) in [5, 5.41) is 5.17. The molecule has 0 aliphatic heterocycles. The number of nitrogens with zero attached hydrogens (tertiary/aromatic N) is 2. The molecule has 2 aromatic heterocycles. The fraction of sp³-hybridized carbons (Fsp3) is 0.100. The molecular formula is C60H44N2S2. The van der Waals surface area contributed by atoms with E-state index in [-0.39, 0.29) is 10.8 Å². The van der Waals surface area contributed by atoms with Crippen LogP contribution < -0.4 is 9.80 Å². The van der Waals surface area contributed by atoms with E-state index in [0.29, 0.717) is 0 Å². The maximum absolute atomic E-state index is 2.56. The first kappa shape index (κ1) is 37.6. The van der Waals surface area contributed by atoms with Gasteiger partial charge >= 0.3 is 0 Å². The molecule has 64 heavy (non-hydrogen) atoms. The van der Waals surface area contributed by atoms with E-state index in [1.54, 1.807) is 0 Å². The van der Waals surface area contributed by atoms with E-state index in [2.05, 4.69) is 232 Å². The largest absolute Gasteiger partial charge is 0.310 e. The van der Waals surface area contributed by atoms with Gasteiger partial charge in [0, 0.05) is 85.2 Å². The summed E-state index contributed by atoms with van der Waals surface area (Å²) in [6.45, 7) is 9.68. The highest BCUT2D eigenvalue weighted by molar-refractivity contribution is 7.26.